The van der Waals surface area contributed by atoms with Crippen molar-refractivity contribution in [2.75, 3.05) is 19.4 Å². The van der Waals surface area contributed by atoms with Gasteiger partial charge in [0.25, 0.3) is 0 Å². The number of hydrogen-bond acceptors (Lipinski definition) is 5. The van der Waals surface area contributed by atoms with E-state index in [4.69, 9.17) is 9.84 Å². The predicted octanol–water partition coefficient (Wildman–Crippen LogP) is 3.54. The highest BCUT2D eigenvalue weighted by atomic mass is 32.2. The van der Waals surface area contributed by atoms with E-state index in [0.29, 0.717) is 0 Å². The fraction of sp³-hybridized carbons (Fsp3) is 0.300. The Morgan fingerprint density at radius 1 is 1.15 bits per heavy atom. The molecule has 0 saturated carbocycles. The number of fused-ring (bicyclic) bond motifs is 3. The molecule has 0 heterocycles. The molecule has 1 amide bonds. The molecule has 1 aliphatic carbocycles. The molecule has 0 spiro atoms. The number of hydrazine groups is 1. The van der Waals surface area contributed by atoms with E-state index >= 15 is 0 Å². The fourth-order valence-corrected chi connectivity index (χ4v) is 3.66. The van der Waals surface area contributed by atoms with Gasteiger partial charge in [-0.2, -0.15) is 5.01 Å². The molecule has 0 bridgehead atoms. The summed E-state index contributed by atoms with van der Waals surface area (Å²) in [6, 6.07) is 16.2. The lowest BCUT2D eigenvalue weighted by molar-refractivity contribution is -0.139. The number of ether oxygens (including phenoxy) is 1. The number of carboxylic acids is 1. The Labute approximate surface area is 162 Å². The first-order valence-corrected chi connectivity index (χ1v) is 9.93. The van der Waals surface area contributed by atoms with Gasteiger partial charge in [0.2, 0.25) is 0 Å². The number of benzene rings is 2. The molecule has 0 aromatic heterocycles. The molecule has 27 heavy (non-hydrogen) atoms. The number of aliphatic carboxylic acids is 1. The van der Waals surface area contributed by atoms with Gasteiger partial charge >= 0.3 is 12.1 Å². The summed E-state index contributed by atoms with van der Waals surface area (Å²) in [5.74, 6) is -1.05. The zero-order chi connectivity index (χ0) is 19.4. The SMILES string of the molecule is CSC(C)N(CC(=O)O)NC(=O)OCC1c2ccccc2-c2ccccc21. The number of nitrogens with zero attached hydrogens (tertiary/aromatic N) is 1. The van der Waals surface area contributed by atoms with Crippen LogP contribution in [0.4, 0.5) is 4.79 Å². The quantitative estimate of drug-likeness (QED) is 0.560. The Morgan fingerprint density at radius 3 is 2.22 bits per heavy atom. The summed E-state index contributed by atoms with van der Waals surface area (Å²) in [5, 5.41) is 10.2. The van der Waals surface area contributed by atoms with Gasteiger partial charge < -0.3 is 9.84 Å². The summed E-state index contributed by atoms with van der Waals surface area (Å²) in [6.45, 7) is 1.71. The summed E-state index contributed by atoms with van der Waals surface area (Å²) < 4.78 is 5.45. The van der Waals surface area contributed by atoms with Crippen LogP contribution in [-0.4, -0.2) is 47.0 Å². The van der Waals surface area contributed by atoms with Crippen LogP contribution in [0.2, 0.25) is 0 Å². The fourth-order valence-electron chi connectivity index (χ4n) is 3.28. The van der Waals surface area contributed by atoms with E-state index < -0.39 is 12.1 Å². The Balaban J connectivity index is 1.69. The second-order valence-electron chi connectivity index (χ2n) is 6.29. The minimum absolute atomic E-state index is 0.0333. The molecular formula is C20H22N2O4S. The zero-order valence-corrected chi connectivity index (χ0v) is 16.0. The normalized spacial score (nSPS) is 13.7. The van der Waals surface area contributed by atoms with Crippen molar-refractivity contribution in [3.8, 4) is 11.1 Å². The molecule has 0 radical (unpaired) electrons. The number of carboxylic acid groups (broad SMARTS) is 1. The molecule has 6 nitrogen and oxygen atoms in total. The third kappa shape index (κ3) is 4.26. The average Bonchev–Trinajstić information content (AvgIpc) is 2.99. The minimum Gasteiger partial charge on any atom is -0.480 e. The highest BCUT2D eigenvalue weighted by Crippen LogP contribution is 2.44. The third-order valence-corrected chi connectivity index (χ3v) is 5.60. The van der Waals surface area contributed by atoms with E-state index in [-0.39, 0.29) is 24.4 Å². The minimum atomic E-state index is -1.02. The molecule has 1 unspecified atom stereocenters. The van der Waals surface area contributed by atoms with Crippen LogP contribution in [0.1, 0.15) is 24.0 Å². The molecule has 142 valence electrons. The van der Waals surface area contributed by atoms with Gasteiger partial charge in [-0.05, 0) is 35.4 Å². The van der Waals surface area contributed by atoms with E-state index in [1.165, 1.54) is 16.8 Å². The molecule has 2 aromatic rings. The first-order valence-electron chi connectivity index (χ1n) is 8.64. The topological polar surface area (TPSA) is 78.9 Å². The van der Waals surface area contributed by atoms with E-state index in [1.54, 1.807) is 0 Å². The second-order valence-corrected chi connectivity index (χ2v) is 7.45. The lowest BCUT2D eigenvalue weighted by Gasteiger charge is -2.26. The number of amides is 1. The largest absolute Gasteiger partial charge is 0.480 e. The van der Waals surface area contributed by atoms with E-state index in [2.05, 4.69) is 17.6 Å². The molecule has 3 rings (SSSR count). The van der Waals surface area contributed by atoms with Crippen molar-refractivity contribution in [2.45, 2.75) is 18.2 Å². The summed E-state index contributed by atoms with van der Waals surface area (Å²) >= 11 is 1.43. The van der Waals surface area contributed by atoms with Crippen molar-refractivity contribution in [2.24, 2.45) is 0 Å². The Hall–Kier alpha value is -2.51. The summed E-state index contributed by atoms with van der Waals surface area (Å²) in [6.07, 6.45) is 1.19. The van der Waals surface area contributed by atoms with Crippen molar-refractivity contribution in [3.63, 3.8) is 0 Å². The van der Waals surface area contributed by atoms with Crippen molar-refractivity contribution in [3.05, 3.63) is 59.7 Å². The highest BCUT2D eigenvalue weighted by Gasteiger charge is 2.29. The van der Waals surface area contributed by atoms with Crippen LogP contribution in [0.25, 0.3) is 11.1 Å². The lowest BCUT2D eigenvalue weighted by Crippen LogP contribution is -2.49. The number of thioether (sulfide) groups is 1. The van der Waals surface area contributed by atoms with Gasteiger partial charge in [-0.25, -0.2) is 4.79 Å². The Bertz CT molecular complexity index is 797. The number of rotatable bonds is 7. The first kappa shape index (κ1) is 19.3. The number of hydrogen-bond donors (Lipinski definition) is 2. The molecular weight excluding hydrogens is 364 g/mol. The molecule has 0 saturated heterocycles. The van der Waals surface area contributed by atoms with E-state index in [9.17, 15) is 9.59 Å². The third-order valence-electron chi connectivity index (χ3n) is 4.66. The Morgan fingerprint density at radius 2 is 1.70 bits per heavy atom. The average molecular weight is 386 g/mol. The standard InChI is InChI=1S/C20H22N2O4S/c1-13(27-2)22(11-19(23)24)21-20(25)26-12-18-16-9-5-3-7-14(16)15-8-4-6-10-17(15)18/h3-10,13,18H,11-12H2,1-2H3,(H,21,25)(H,23,24). The molecule has 0 aliphatic heterocycles. The van der Waals surface area contributed by atoms with Gasteiger partial charge in [0.1, 0.15) is 13.2 Å². The Kier molecular flexibility index (Phi) is 6.03. The molecule has 7 heteroatoms. The van der Waals surface area contributed by atoms with E-state index in [0.717, 1.165) is 22.3 Å². The van der Waals surface area contributed by atoms with Crippen molar-refractivity contribution in [1.82, 2.24) is 10.4 Å². The van der Waals surface area contributed by atoms with Crippen LogP contribution in [-0.2, 0) is 9.53 Å². The maximum atomic E-state index is 12.3. The molecule has 1 atom stereocenters. The summed E-state index contributed by atoms with van der Waals surface area (Å²) in [7, 11) is 0. The van der Waals surface area contributed by atoms with Gasteiger partial charge in [-0.1, -0.05) is 48.5 Å². The highest BCUT2D eigenvalue weighted by molar-refractivity contribution is 7.99. The van der Waals surface area contributed by atoms with Gasteiger partial charge in [-0.3, -0.25) is 10.2 Å². The van der Waals surface area contributed by atoms with Crippen LogP contribution in [0.3, 0.4) is 0 Å². The van der Waals surface area contributed by atoms with Crippen LogP contribution in [0.5, 0.6) is 0 Å². The van der Waals surface area contributed by atoms with Gasteiger partial charge in [0, 0.05) is 5.92 Å². The maximum absolute atomic E-state index is 12.3. The van der Waals surface area contributed by atoms with E-state index in [1.807, 2.05) is 49.6 Å². The number of carbonyl (C=O) groups is 2. The number of nitrogens with one attached hydrogen (secondary N) is 1. The van der Waals surface area contributed by atoms with Gasteiger partial charge in [0.05, 0.1) is 5.37 Å². The lowest BCUT2D eigenvalue weighted by atomic mass is 9.98. The number of carbonyl (C=O) groups excluding carboxylic acids is 1. The van der Waals surface area contributed by atoms with Crippen molar-refractivity contribution in [1.29, 1.82) is 0 Å². The molecule has 2 N–H and O–H groups in total. The smallest absolute Gasteiger partial charge is 0.421 e. The molecule has 0 fully saturated rings. The second kappa shape index (κ2) is 8.45. The predicted molar refractivity (Wildman–Crippen MR) is 106 cm³/mol. The van der Waals surface area contributed by atoms with Crippen LogP contribution in [0.15, 0.2) is 48.5 Å². The van der Waals surface area contributed by atoms with Crippen LogP contribution >= 0.6 is 11.8 Å². The summed E-state index contributed by atoms with van der Waals surface area (Å²) in [5.41, 5.74) is 7.12. The zero-order valence-electron chi connectivity index (χ0n) is 15.2. The summed E-state index contributed by atoms with van der Waals surface area (Å²) in [4.78, 5) is 23.3. The maximum Gasteiger partial charge on any atom is 0.421 e. The van der Waals surface area contributed by atoms with Crippen LogP contribution in [0, 0.1) is 0 Å². The van der Waals surface area contributed by atoms with Crippen LogP contribution < -0.4 is 5.43 Å². The van der Waals surface area contributed by atoms with Crippen molar-refractivity contribution >= 4 is 23.8 Å². The van der Waals surface area contributed by atoms with Gasteiger partial charge in [-0.15, -0.1) is 11.8 Å². The molecule has 2 aromatic carbocycles. The van der Waals surface area contributed by atoms with Gasteiger partial charge in [0.15, 0.2) is 0 Å². The molecule has 1 aliphatic rings. The monoisotopic (exact) mass is 386 g/mol. The first-order chi connectivity index (χ1) is 13.0. The van der Waals surface area contributed by atoms with Crippen molar-refractivity contribution < 1.29 is 19.4 Å².